The molecule has 1 rings (SSSR count). The van der Waals surface area contributed by atoms with Gasteiger partial charge in [-0.2, -0.15) is 4.98 Å². The minimum Gasteiger partial charge on any atom is -0.417 e. The van der Waals surface area contributed by atoms with Crippen LogP contribution >= 0.6 is 0 Å². The zero-order chi connectivity index (χ0) is 9.19. The first-order valence-corrected chi connectivity index (χ1v) is 3.34. The topological polar surface area (TPSA) is 72.6 Å². The Morgan fingerprint density at radius 3 is 2.83 bits per heavy atom. The van der Waals surface area contributed by atoms with Crippen LogP contribution in [0.25, 0.3) is 0 Å². The van der Waals surface area contributed by atoms with Crippen molar-refractivity contribution in [3.63, 3.8) is 0 Å². The van der Waals surface area contributed by atoms with E-state index in [1.165, 1.54) is 26.3 Å². The van der Waals surface area contributed by atoms with E-state index in [0.717, 1.165) is 0 Å². The van der Waals surface area contributed by atoms with Gasteiger partial charge >= 0.3 is 12.0 Å². The fourth-order valence-corrected chi connectivity index (χ4v) is 0.465. The summed E-state index contributed by atoms with van der Waals surface area (Å²) in [6.07, 6.45) is 2.45. The molecule has 0 aromatic carbocycles. The molecule has 1 aromatic rings. The quantitative estimate of drug-likeness (QED) is 0.650. The first-order valence-electron chi connectivity index (χ1n) is 3.34. The molecule has 1 aromatic heterocycles. The van der Waals surface area contributed by atoms with Gasteiger partial charge in [-0.05, 0) is 13.8 Å². The number of hydrogen-bond acceptors (Lipinski definition) is 5. The van der Waals surface area contributed by atoms with Gasteiger partial charge in [0.2, 0.25) is 0 Å². The molecule has 0 saturated heterocycles. The average Bonchev–Trinajstić information content (AvgIpc) is 2.37. The molecule has 0 radical (unpaired) electrons. The van der Waals surface area contributed by atoms with Gasteiger partial charge < -0.3 is 14.3 Å². The van der Waals surface area contributed by atoms with E-state index < -0.39 is 11.6 Å². The highest BCUT2D eigenvalue weighted by molar-refractivity contribution is 5.79. The average molecular weight is 171 g/mol. The molecule has 0 aliphatic carbocycles. The number of aliphatic hydroxyl groups is 1. The van der Waals surface area contributed by atoms with Gasteiger partial charge in [-0.25, -0.2) is 4.79 Å². The van der Waals surface area contributed by atoms with Crippen molar-refractivity contribution in [1.82, 2.24) is 4.98 Å². The largest absolute Gasteiger partial charge is 0.417 e. The molecule has 0 bridgehead atoms. The predicted octanol–water partition coefficient (Wildman–Crippen LogP) is 0.351. The predicted molar refractivity (Wildman–Crippen MR) is 38.4 cm³/mol. The third-order valence-corrected chi connectivity index (χ3v) is 1.09. The van der Waals surface area contributed by atoms with Gasteiger partial charge in [-0.3, -0.25) is 0 Å². The number of nitrogens with zero attached hydrogens (tertiary/aromatic N) is 1. The van der Waals surface area contributed by atoms with E-state index in [2.05, 4.69) is 14.1 Å². The van der Waals surface area contributed by atoms with Gasteiger partial charge in [0.15, 0.2) is 5.60 Å². The maximum absolute atomic E-state index is 11.0. The zero-order valence-electron chi connectivity index (χ0n) is 6.77. The molecule has 5 heteroatoms. The van der Waals surface area contributed by atoms with Crippen LogP contribution in [0.4, 0.5) is 0 Å². The molecule has 0 atom stereocenters. The Kier molecular flexibility index (Phi) is 2.14. The molecule has 0 aliphatic heterocycles. The highest BCUT2D eigenvalue weighted by Gasteiger charge is 2.27. The smallest absolute Gasteiger partial charge is 0.401 e. The number of carbonyl (C=O) groups is 1. The Balaban J connectivity index is 2.60. The van der Waals surface area contributed by atoms with Gasteiger partial charge in [-0.1, -0.05) is 0 Å². The van der Waals surface area contributed by atoms with Crippen molar-refractivity contribution in [2.24, 2.45) is 0 Å². The summed E-state index contributed by atoms with van der Waals surface area (Å²) in [6.45, 7) is 2.64. The van der Waals surface area contributed by atoms with Crippen molar-refractivity contribution < 1.29 is 19.1 Å². The first-order chi connectivity index (χ1) is 5.50. The van der Waals surface area contributed by atoms with Crippen LogP contribution in [-0.4, -0.2) is 21.7 Å². The summed E-state index contributed by atoms with van der Waals surface area (Å²) in [5.74, 6) is -0.801. The maximum Gasteiger partial charge on any atom is 0.401 e. The fraction of sp³-hybridized carbons (Fsp3) is 0.429. The van der Waals surface area contributed by atoms with Gasteiger partial charge in [-0.15, -0.1) is 0 Å². The highest BCUT2D eigenvalue weighted by Crippen LogP contribution is 2.10. The number of carbonyl (C=O) groups excluding carboxylic acids is 1. The van der Waals surface area contributed by atoms with E-state index in [4.69, 9.17) is 5.11 Å². The second kappa shape index (κ2) is 2.94. The normalized spacial score (nSPS) is 11.2. The molecule has 0 aliphatic rings. The minimum atomic E-state index is -1.53. The third kappa shape index (κ3) is 2.06. The Hall–Kier alpha value is -1.36. The molecular formula is C7H9NO4. The van der Waals surface area contributed by atoms with E-state index in [9.17, 15) is 4.79 Å². The molecule has 0 spiro atoms. The molecule has 1 heterocycles. The Labute approximate surface area is 69.0 Å². The lowest BCUT2D eigenvalue weighted by atomic mass is 10.1. The molecule has 12 heavy (non-hydrogen) atoms. The van der Waals surface area contributed by atoms with Crippen LogP contribution in [0.5, 0.6) is 6.08 Å². The molecule has 0 saturated carbocycles. The van der Waals surface area contributed by atoms with E-state index in [-0.39, 0.29) is 6.08 Å². The van der Waals surface area contributed by atoms with Crippen LogP contribution < -0.4 is 4.74 Å². The standard InChI is InChI=1S/C7H9NO4/c1-7(2,10)5(9)12-6-8-3-4-11-6/h3-4,10H,1-2H3. The van der Waals surface area contributed by atoms with E-state index in [1.807, 2.05) is 0 Å². The number of aromatic nitrogens is 1. The maximum atomic E-state index is 11.0. The van der Waals surface area contributed by atoms with Crippen molar-refractivity contribution in [3.05, 3.63) is 12.5 Å². The summed E-state index contributed by atoms with van der Waals surface area (Å²) in [5, 5.41) is 9.14. The van der Waals surface area contributed by atoms with E-state index >= 15 is 0 Å². The van der Waals surface area contributed by atoms with Crippen molar-refractivity contribution in [2.45, 2.75) is 19.4 Å². The highest BCUT2D eigenvalue weighted by atomic mass is 16.6. The zero-order valence-corrected chi connectivity index (χ0v) is 6.77. The third-order valence-electron chi connectivity index (χ3n) is 1.09. The van der Waals surface area contributed by atoms with Crippen LogP contribution in [0.2, 0.25) is 0 Å². The molecular weight excluding hydrogens is 162 g/mol. The summed E-state index contributed by atoms with van der Waals surface area (Å²) in [7, 11) is 0. The number of ether oxygens (including phenoxy) is 1. The lowest BCUT2D eigenvalue weighted by Gasteiger charge is -2.12. The lowest BCUT2D eigenvalue weighted by molar-refractivity contribution is -0.153. The molecule has 1 N–H and O–H groups in total. The van der Waals surface area contributed by atoms with Gasteiger partial charge in [0.25, 0.3) is 0 Å². The molecule has 0 fully saturated rings. The molecule has 0 unspecified atom stereocenters. The summed E-state index contributed by atoms with van der Waals surface area (Å²) in [4.78, 5) is 14.5. The Bertz CT molecular complexity index is 259. The Morgan fingerprint density at radius 1 is 1.75 bits per heavy atom. The van der Waals surface area contributed by atoms with Crippen molar-refractivity contribution in [3.8, 4) is 6.08 Å². The van der Waals surface area contributed by atoms with Crippen molar-refractivity contribution >= 4 is 5.97 Å². The minimum absolute atomic E-state index is 0.165. The Morgan fingerprint density at radius 2 is 2.42 bits per heavy atom. The second-order valence-corrected chi connectivity index (χ2v) is 2.75. The van der Waals surface area contributed by atoms with Crippen LogP contribution in [0.1, 0.15) is 13.8 Å². The van der Waals surface area contributed by atoms with Crippen LogP contribution in [0.3, 0.4) is 0 Å². The van der Waals surface area contributed by atoms with Gasteiger partial charge in [0.05, 0.1) is 6.20 Å². The summed E-state index contributed by atoms with van der Waals surface area (Å²) in [6, 6.07) is 0. The SMILES string of the molecule is CC(C)(O)C(=O)Oc1ncco1. The van der Waals surface area contributed by atoms with Crippen LogP contribution in [0.15, 0.2) is 16.9 Å². The number of esters is 1. The fourth-order valence-electron chi connectivity index (χ4n) is 0.465. The first kappa shape index (κ1) is 8.73. The van der Waals surface area contributed by atoms with E-state index in [1.54, 1.807) is 0 Å². The summed E-state index contributed by atoms with van der Waals surface area (Å²) >= 11 is 0. The van der Waals surface area contributed by atoms with Gasteiger partial charge in [0.1, 0.15) is 6.26 Å². The van der Waals surface area contributed by atoms with Crippen molar-refractivity contribution in [1.29, 1.82) is 0 Å². The van der Waals surface area contributed by atoms with Gasteiger partial charge in [0, 0.05) is 0 Å². The summed E-state index contributed by atoms with van der Waals surface area (Å²) < 4.78 is 9.19. The lowest BCUT2D eigenvalue weighted by Crippen LogP contribution is -2.35. The van der Waals surface area contributed by atoms with Crippen molar-refractivity contribution in [2.75, 3.05) is 0 Å². The second-order valence-electron chi connectivity index (χ2n) is 2.75. The monoisotopic (exact) mass is 171 g/mol. The van der Waals surface area contributed by atoms with Crippen LogP contribution in [-0.2, 0) is 4.79 Å². The van der Waals surface area contributed by atoms with E-state index in [0.29, 0.717) is 0 Å². The number of rotatable bonds is 2. The molecule has 0 amide bonds. The van der Waals surface area contributed by atoms with Crippen LogP contribution in [0, 0.1) is 0 Å². The molecule has 66 valence electrons. The number of hydrogen-bond donors (Lipinski definition) is 1. The summed E-state index contributed by atoms with van der Waals surface area (Å²) in [5.41, 5.74) is -1.53. The molecule has 5 nitrogen and oxygen atoms in total. The number of oxazole rings is 1.